The minimum absolute atomic E-state index is 0.0677. The molecule has 5 rings (SSSR count). The van der Waals surface area contributed by atoms with Crippen molar-refractivity contribution in [1.82, 2.24) is 0 Å². The van der Waals surface area contributed by atoms with Crippen LogP contribution in [0.15, 0.2) is 24.3 Å². The number of fused-ring (bicyclic) bond motifs is 6. The van der Waals surface area contributed by atoms with E-state index in [4.69, 9.17) is 14.2 Å². The van der Waals surface area contributed by atoms with Crippen molar-refractivity contribution in [1.29, 1.82) is 0 Å². The second-order valence-electron chi connectivity index (χ2n) is 8.89. The van der Waals surface area contributed by atoms with Crippen molar-refractivity contribution in [3.05, 3.63) is 24.3 Å². The van der Waals surface area contributed by atoms with Crippen molar-refractivity contribution in [2.75, 3.05) is 13.2 Å². The van der Waals surface area contributed by atoms with Gasteiger partial charge in [-0.05, 0) is 24.7 Å². The Kier molecular flexibility index (Phi) is 3.40. The van der Waals surface area contributed by atoms with Crippen molar-refractivity contribution in [2.45, 2.75) is 57.3 Å². The molecular weight excluding hydrogens is 332 g/mol. The van der Waals surface area contributed by atoms with E-state index in [1.165, 1.54) is 5.57 Å². The van der Waals surface area contributed by atoms with E-state index in [0.717, 1.165) is 19.3 Å². The Morgan fingerprint density at radius 2 is 2.04 bits per heavy atom. The van der Waals surface area contributed by atoms with Crippen molar-refractivity contribution in [3.8, 4) is 0 Å². The summed E-state index contributed by atoms with van der Waals surface area (Å²) in [5.74, 6) is -0.796. The van der Waals surface area contributed by atoms with Crippen LogP contribution >= 0.6 is 0 Å². The Morgan fingerprint density at radius 1 is 1.27 bits per heavy atom. The molecule has 0 aromatic carbocycles. The van der Waals surface area contributed by atoms with Crippen LogP contribution < -0.4 is 0 Å². The van der Waals surface area contributed by atoms with E-state index in [9.17, 15) is 9.59 Å². The minimum Gasteiger partial charge on any atom is -0.461 e. The third-order valence-corrected chi connectivity index (χ3v) is 7.72. The van der Waals surface area contributed by atoms with Crippen LogP contribution in [0.5, 0.6) is 0 Å². The Morgan fingerprint density at radius 3 is 2.77 bits per heavy atom. The predicted octanol–water partition coefficient (Wildman–Crippen LogP) is 2.94. The fraction of sp³-hybridized carbons (Fsp3) is 0.714. The summed E-state index contributed by atoms with van der Waals surface area (Å²) in [5, 5.41) is 0. The Hall–Kier alpha value is -1.46. The first-order valence-corrected chi connectivity index (χ1v) is 9.78. The molecule has 26 heavy (non-hydrogen) atoms. The molecule has 140 valence electrons. The van der Waals surface area contributed by atoms with Gasteiger partial charge in [0.1, 0.15) is 11.5 Å². The highest BCUT2D eigenvalue weighted by atomic mass is 16.7. The minimum atomic E-state index is -0.983. The fourth-order valence-electron chi connectivity index (χ4n) is 6.41. The quantitative estimate of drug-likeness (QED) is 0.431. The number of ether oxygens (including phenoxy) is 3. The van der Waals surface area contributed by atoms with Crippen molar-refractivity contribution < 1.29 is 23.8 Å². The van der Waals surface area contributed by atoms with Crippen LogP contribution in [0.2, 0.25) is 0 Å². The lowest BCUT2D eigenvalue weighted by molar-refractivity contribution is -0.186. The summed E-state index contributed by atoms with van der Waals surface area (Å²) >= 11 is 0. The highest BCUT2D eigenvalue weighted by Gasteiger charge is 2.68. The topological polar surface area (TPSA) is 61.8 Å². The molecule has 4 fully saturated rings. The Labute approximate surface area is 153 Å². The largest absolute Gasteiger partial charge is 0.461 e. The number of carbonyl (C=O) groups excluding carboxylic acids is 2. The van der Waals surface area contributed by atoms with Crippen molar-refractivity contribution in [3.63, 3.8) is 0 Å². The molecule has 0 N–H and O–H groups in total. The third kappa shape index (κ3) is 1.93. The van der Waals surface area contributed by atoms with Crippen LogP contribution in [-0.4, -0.2) is 36.9 Å². The predicted molar refractivity (Wildman–Crippen MR) is 93.0 cm³/mol. The SMILES string of the molecule is C=CC[C@@]12C[C@@H](OC1=O)[C@@H]1[C@@H](CC=C3CC4(CC[C@]31C)OCCO4)C2=O. The smallest absolute Gasteiger partial charge is 0.320 e. The maximum absolute atomic E-state index is 13.4. The molecule has 5 heteroatoms. The van der Waals surface area contributed by atoms with E-state index >= 15 is 0 Å². The van der Waals surface area contributed by atoms with E-state index in [0.29, 0.717) is 32.5 Å². The standard InChI is InChI=1S/C21H26O5/c1-3-6-20-12-15(26-18(20)23)16-14(17(20)22)5-4-13-11-21(24-9-10-25-21)8-7-19(13,16)2/h3-4,14-16H,1,5-12H2,2H3/t14-,15-,16+,19-,20+/m1/s1. The zero-order valence-corrected chi connectivity index (χ0v) is 15.3. The number of allylic oxidation sites excluding steroid dienone is 2. The zero-order chi connectivity index (χ0) is 18.2. The molecule has 2 saturated heterocycles. The van der Waals surface area contributed by atoms with Gasteiger partial charge < -0.3 is 14.2 Å². The van der Waals surface area contributed by atoms with Gasteiger partial charge in [-0.25, -0.2) is 0 Å². The number of esters is 1. The number of ketones is 1. The molecule has 2 saturated carbocycles. The van der Waals surface area contributed by atoms with Crippen LogP contribution in [0.25, 0.3) is 0 Å². The lowest BCUT2D eigenvalue weighted by atomic mass is 9.49. The van der Waals surface area contributed by atoms with E-state index in [-0.39, 0.29) is 35.1 Å². The zero-order valence-electron chi connectivity index (χ0n) is 15.3. The van der Waals surface area contributed by atoms with E-state index in [2.05, 4.69) is 19.6 Å². The van der Waals surface area contributed by atoms with Gasteiger partial charge in [-0.15, -0.1) is 6.58 Å². The maximum Gasteiger partial charge on any atom is 0.320 e. The molecule has 0 aromatic rings. The summed E-state index contributed by atoms with van der Waals surface area (Å²) in [6.45, 7) is 7.31. The molecular formula is C21H26O5. The third-order valence-electron chi connectivity index (χ3n) is 7.72. The molecule has 2 heterocycles. The number of hydrogen-bond donors (Lipinski definition) is 0. The summed E-state index contributed by atoms with van der Waals surface area (Å²) in [6, 6.07) is 0. The Bertz CT molecular complexity index is 718. The molecule has 0 radical (unpaired) electrons. The molecule has 3 aliphatic carbocycles. The van der Waals surface area contributed by atoms with Gasteiger partial charge in [-0.3, -0.25) is 9.59 Å². The van der Waals surface area contributed by atoms with Gasteiger partial charge >= 0.3 is 5.97 Å². The summed E-state index contributed by atoms with van der Waals surface area (Å²) in [6.07, 6.45) is 7.83. The molecule has 0 unspecified atom stereocenters. The molecule has 5 atom stereocenters. The number of hydrogen-bond acceptors (Lipinski definition) is 5. The summed E-state index contributed by atoms with van der Waals surface area (Å²) in [7, 11) is 0. The lowest BCUT2D eigenvalue weighted by Crippen LogP contribution is -2.56. The molecule has 1 spiro atoms. The Balaban J connectivity index is 1.52. The van der Waals surface area contributed by atoms with Crippen LogP contribution in [0.3, 0.4) is 0 Å². The first kappa shape index (κ1) is 16.7. The molecule has 2 aliphatic heterocycles. The van der Waals surface area contributed by atoms with Gasteiger partial charge in [0.25, 0.3) is 0 Å². The average molecular weight is 358 g/mol. The van der Waals surface area contributed by atoms with Gasteiger partial charge in [-0.1, -0.05) is 24.6 Å². The average Bonchev–Trinajstić information content (AvgIpc) is 3.18. The highest BCUT2D eigenvalue weighted by molar-refractivity contribution is 6.07. The summed E-state index contributed by atoms with van der Waals surface area (Å²) in [5.41, 5.74) is 0.205. The van der Waals surface area contributed by atoms with Crippen molar-refractivity contribution in [2.24, 2.45) is 22.7 Å². The molecule has 2 bridgehead atoms. The van der Waals surface area contributed by atoms with Gasteiger partial charge in [0.05, 0.1) is 13.2 Å². The van der Waals surface area contributed by atoms with Crippen LogP contribution in [0.4, 0.5) is 0 Å². The monoisotopic (exact) mass is 358 g/mol. The van der Waals surface area contributed by atoms with Gasteiger partial charge in [0.2, 0.25) is 0 Å². The maximum atomic E-state index is 13.4. The first-order valence-electron chi connectivity index (χ1n) is 9.78. The number of carbonyl (C=O) groups is 2. The van der Waals surface area contributed by atoms with Gasteiger partial charge in [0.15, 0.2) is 11.6 Å². The highest BCUT2D eigenvalue weighted by Crippen LogP contribution is 2.63. The van der Waals surface area contributed by atoms with Crippen LogP contribution in [0.1, 0.15) is 45.4 Å². The van der Waals surface area contributed by atoms with Crippen molar-refractivity contribution >= 4 is 11.8 Å². The van der Waals surface area contributed by atoms with Gasteiger partial charge in [-0.2, -0.15) is 0 Å². The molecule has 5 nitrogen and oxygen atoms in total. The molecule has 5 aliphatic rings. The van der Waals surface area contributed by atoms with Crippen LogP contribution in [-0.2, 0) is 23.8 Å². The first-order chi connectivity index (χ1) is 12.4. The molecule has 0 amide bonds. The molecule has 0 aromatic heterocycles. The number of Topliss-reactive ketones (excluding diaryl/α,β-unsaturated/α-hetero) is 1. The van der Waals surface area contributed by atoms with Crippen LogP contribution in [0, 0.1) is 22.7 Å². The fourth-order valence-corrected chi connectivity index (χ4v) is 6.41. The second kappa shape index (κ2) is 5.29. The lowest BCUT2D eigenvalue weighted by Gasteiger charge is -2.54. The van der Waals surface area contributed by atoms with Gasteiger partial charge in [0, 0.05) is 31.1 Å². The normalized spacial score (nSPS) is 45.7. The van der Waals surface area contributed by atoms with E-state index < -0.39 is 11.2 Å². The second-order valence-corrected chi connectivity index (χ2v) is 8.89. The summed E-state index contributed by atoms with van der Waals surface area (Å²) < 4.78 is 17.7. The summed E-state index contributed by atoms with van der Waals surface area (Å²) in [4.78, 5) is 26.0. The number of rotatable bonds is 2. The van der Waals surface area contributed by atoms with E-state index in [1.54, 1.807) is 6.08 Å². The van der Waals surface area contributed by atoms with E-state index in [1.807, 2.05) is 0 Å².